The van der Waals surface area contributed by atoms with E-state index in [-0.39, 0.29) is 5.91 Å². The zero-order valence-electron chi connectivity index (χ0n) is 18.5. The number of imidazole rings is 1. The molecule has 0 spiro atoms. The van der Waals surface area contributed by atoms with Crippen LogP contribution in [0.3, 0.4) is 0 Å². The molecule has 0 atom stereocenters. The molecule has 0 aliphatic heterocycles. The topological polar surface area (TPSA) is 72.7 Å². The van der Waals surface area contributed by atoms with E-state index in [4.69, 9.17) is 4.98 Å². The van der Waals surface area contributed by atoms with Crippen molar-refractivity contribution in [2.24, 2.45) is 0 Å². The highest BCUT2D eigenvalue weighted by atomic mass is 32.2. The van der Waals surface area contributed by atoms with Gasteiger partial charge in [0.25, 0.3) is 5.91 Å². The summed E-state index contributed by atoms with van der Waals surface area (Å²) in [6.45, 7) is 1.19. The molecule has 0 aliphatic rings. The van der Waals surface area contributed by atoms with Crippen molar-refractivity contribution in [2.75, 3.05) is 0 Å². The Morgan fingerprint density at radius 1 is 0.824 bits per heavy atom. The molecule has 2 aromatic carbocycles. The van der Waals surface area contributed by atoms with Crippen LogP contribution in [0, 0.1) is 0 Å². The van der Waals surface area contributed by atoms with Crippen LogP contribution in [0.15, 0.2) is 103 Å². The maximum Gasteiger partial charge on any atom is 0.251 e. The Labute approximate surface area is 202 Å². The number of carbonyl (C=O) groups is 1. The fourth-order valence-corrected chi connectivity index (χ4v) is 4.63. The zero-order valence-corrected chi connectivity index (χ0v) is 19.3. The van der Waals surface area contributed by atoms with Crippen molar-refractivity contribution >= 4 is 28.7 Å². The molecule has 0 bridgehead atoms. The highest BCUT2D eigenvalue weighted by molar-refractivity contribution is 7.98. The molecule has 7 heteroatoms. The van der Waals surface area contributed by atoms with E-state index in [1.165, 1.54) is 5.56 Å². The van der Waals surface area contributed by atoms with Gasteiger partial charge >= 0.3 is 0 Å². The standard InChI is InChI=1S/C27H23N5OS/c33-26(30-16-22-7-4-13-28-15-22)23-10-8-21(9-11-23)19-34-27-31-24-12-14-29-17-25(24)32(27)18-20-5-2-1-3-6-20/h1-15,17H,16,18-19H2,(H,30,33). The fourth-order valence-electron chi connectivity index (χ4n) is 3.66. The van der Waals surface area contributed by atoms with Crippen molar-refractivity contribution in [3.05, 3.63) is 120 Å². The Balaban J connectivity index is 1.26. The summed E-state index contributed by atoms with van der Waals surface area (Å²) in [7, 11) is 0. The molecule has 1 amide bonds. The smallest absolute Gasteiger partial charge is 0.251 e. The van der Waals surface area contributed by atoms with E-state index >= 15 is 0 Å². The van der Waals surface area contributed by atoms with Crippen LogP contribution in [0.25, 0.3) is 11.0 Å². The Morgan fingerprint density at radius 2 is 1.62 bits per heavy atom. The molecule has 5 rings (SSSR count). The lowest BCUT2D eigenvalue weighted by atomic mass is 10.1. The number of amides is 1. The quantitative estimate of drug-likeness (QED) is 0.323. The third-order valence-electron chi connectivity index (χ3n) is 5.46. The first kappa shape index (κ1) is 21.9. The lowest BCUT2D eigenvalue weighted by molar-refractivity contribution is 0.0951. The molecular formula is C27H23N5OS. The molecule has 3 aromatic heterocycles. The minimum absolute atomic E-state index is 0.0970. The number of hydrogen-bond acceptors (Lipinski definition) is 5. The molecule has 3 heterocycles. The molecule has 0 unspecified atom stereocenters. The molecule has 0 radical (unpaired) electrons. The summed E-state index contributed by atoms with van der Waals surface area (Å²) in [5.74, 6) is 0.656. The number of fused-ring (bicyclic) bond motifs is 1. The van der Waals surface area contributed by atoms with Gasteiger partial charge < -0.3 is 9.88 Å². The average molecular weight is 466 g/mol. The van der Waals surface area contributed by atoms with Gasteiger partial charge in [-0.2, -0.15) is 0 Å². The van der Waals surface area contributed by atoms with Crippen LogP contribution in [0.2, 0.25) is 0 Å². The number of hydrogen-bond donors (Lipinski definition) is 1. The number of rotatable bonds is 8. The van der Waals surface area contributed by atoms with E-state index in [1.807, 2.05) is 66.9 Å². The van der Waals surface area contributed by atoms with Crippen LogP contribution < -0.4 is 5.32 Å². The number of nitrogens with one attached hydrogen (secondary N) is 1. The number of aromatic nitrogens is 4. The van der Waals surface area contributed by atoms with E-state index in [2.05, 4.69) is 32.0 Å². The molecule has 5 aromatic rings. The molecule has 168 valence electrons. The SMILES string of the molecule is O=C(NCc1cccnc1)c1ccc(CSc2nc3ccncc3n2Cc2ccccc2)cc1. The van der Waals surface area contributed by atoms with Crippen molar-refractivity contribution in [2.45, 2.75) is 24.0 Å². The molecule has 6 nitrogen and oxygen atoms in total. The predicted octanol–water partition coefficient (Wildman–Crippen LogP) is 5.10. The maximum absolute atomic E-state index is 12.5. The van der Waals surface area contributed by atoms with Crippen molar-refractivity contribution in [3.63, 3.8) is 0 Å². The maximum atomic E-state index is 12.5. The van der Waals surface area contributed by atoms with E-state index in [0.29, 0.717) is 12.1 Å². The van der Waals surface area contributed by atoms with Crippen molar-refractivity contribution in [3.8, 4) is 0 Å². The number of pyridine rings is 2. The van der Waals surface area contributed by atoms with Gasteiger partial charge in [0.2, 0.25) is 0 Å². The second kappa shape index (κ2) is 10.3. The Hall–Kier alpha value is -3.97. The van der Waals surface area contributed by atoms with Gasteiger partial charge in [-0.05, 0) is 41.0 Å². The summed E-state index contributed by atoms with van der Waals surface area (Å²) in [5, 5.41) is 3.88. The summed E-state index contributed by atoms with van der Waals surface area (Å²) < 4.78 is 2.21. The molecular weight excluding hydrogens is 442 g/mol. The number of carbonyl (C=O) groups excluding carboxylic acids is 1. The Bertz CT molecular complexity index is 1390. The lowest BCUT2D eigenvalue weighted by Crippen LogP contribution is -2.22. The van der Waals surface area contributed by atoms with Gasteiger partial charge in [-0.15, -0.1) is 0 Å². The largest absolute Gasteiger partial charge is 0.348 e. The summed E-state index contributed by atoms with van der Waals surface area (Å²) in [5.41, 5.74) is 5.92. The Morgan fingerprint density at radius 3 is 2.41 bits per heavy atom. The van der Waals surface area contributed by atoms with Gasteiger partial charge in [0.05, 0.1) is 23.8 Å². The van der Waals surface area contributed by atoms with Crippen LogP contribution in [-0.2, 0) is 18.8 Å². The van der Waals surface area contributed by atoms with Crippen LogP contribution in [0.4, 0.5) is 0 Å². The van der Waals surface area contributed by atoms with Gasteiger partial charge in [-0.1, -0.05) is 60.3 Å². The first-order valence-corrected chi connectivity index (χ1v) is 12.0. The van der Waals surface area contributed by atoms with Gasteiger partial charge in [0.1, 0.15) is 0 Å². The van der Waals surface area contributed by atoms with Gasteiger partial charge in [0.15, 0.2) is 5.16 Å². The molecule has 0 saturated heterocycles. The van der Waals surface area contributed by atoms with Gasteiger partial charge in [-0.25, -0.2) is 4.98 Å². The van der Waals surface area contributed by atoms with Gasteiger partial charge in [-0.3, -0.25) is 14.8 Å². The summed E-state index contributed by atoms with van der Waals surface area (Å²) in [6, 6.07) is 23.8. The molecule has 0 fully saturated rings. The molecule has 1 N–H and O–H groups in total. The molecule has 34 heavy (non-hydrogen) atoms. The average Bonchev–Trinajstić information content (AvgIpc) is 3.25. The molecule has 0 aliphatic carbocycles. The summed E-state index contributed by atoms with van der Waals surface area (Å²) in [4.78, 5) is 25.7. The fraction of sp³-hybridized carbons (Fsp3) is 0.111. The minimum atomic E-state index is -0.0970. The Kier molecular flexibility index (Phi) is 6.63. The van der Waals surface area contributed by atoms with Gasteiger partial charge in [0, 0.05) is 36.5 Å². The van der Waals surface area contributed by atoms with Crippen LogP contribution in [0.1, 0.15) is 27.0 Å². The molecule has 0 saturated carbocycles. The van der Waals surface area contributed by atoms with E-state index in [1.54, 1.807) is 30.4 Å². The van der Waals surface area contributed by atoms with Crippen LogP contribution in [-0.4, -0.2) is 25.4 Å². The predicted molar refractivity (Wildman–Crippen MR) is 134 cm³/mol. The van der Waals surface area contributed by atoms with E-state index in [9.17, 15) is 4.79 Å². The van der Waals surface area contributed by atoms with Crippen LogP contribution >= 0.6 is 11.8 Å². The minimum Gasteiger partial charge on any atom is -0.348 e. The first-order valence-electron chi connectivity index (χ1n) is 11.0. The van der Waals surface area contributed by atoms with Crippen molar-refractivity contribution in [1.29, 1.82) is 0 Å². The normalized spacial score (nSPS) is 10.9. The third-order valence-corrected chi connectivity index (χ3v) is 6.51. The lowest BCUT2D eigenvalue weighted by Gasteiger charge is -2.09. The van der Waals surface area contributed by atoms with Crippen LogP contribution in [0.5, 0.6) is 0 Å². The number of benzene rings is 2. The van der Waals surface area contributed by atoms with E-state index in [0.717, 1.165) is 39.6 Å². The highest BCUT2D eigenvalue weighted by Gasteiger charge is 2.13. The second-order valence-electron chi connectivity index (χ2n) is 7.86. The highest BCUT2D eigenvalue weighted by Crippen LogP contribution is 2.27. The zero-order chi connectivity index (χ0) is 23.2. The number of thioether (sulfide) groups is 1. The third kappa shape index (κ3) is 5.15. The summed E-state index contributed by atoms with van der Waals surface area (Å²) in [6.07, 6.45) is 7.11. The van der Waals surface area contributed by atoms with Crippen molar-refractivity contribution in [1.82, 2.24) is 24.8 Å². The van der Waals surface area contributed by atoms with E-state index < -0.39 is 0 Å². The second-order valence-corrected chi connectivity index (χ2v) is 8.80. The number of nitrogens with zero attached hydrogens (tertiary/aromatic N) is 4. The van der Waals surface area contributed by atoms with Crippen molar-refractivity contribution < 1.29 is 4.79 Å². The monoisotopic (exact) mass is 465 g/mol. The first-order chi connectivity index (χ1) is 16.8. The summed E-state index contributed by atoms with van der Waals surface area (Å²) >= 11 is 1.68.